The number of nitrogens with zero attached hydrogens (tertiary/aromatic N) is 2. The second kappa shape index (κ2) is 7.93. The second-order valence-corrected chi connectivity index (χ2v) is 7.56. The van der Waals surface area contributed by atoms with Gasteiger partial charge in [0.15, 0.2) is 0 Å². The summed E-state index contributed by atoms with van der Waals surface area (Å²) in [7, 11) is 0. The quantitative estimate of drug-likeness (QED) is 0.838. The van der Waals surface area contributed by atoms with E-state index in [1.54, 1.807) is 9.80 Å². The molecule has 6 nitrogen and oxygen atoms in total. The first-order valence-corrected chi connectivity index (χ1v) is 8.50. The fourth-order valence-electron chi connectivity index (χ4n) is 3.03. The van der Waals surface area contributed by atoms with Crippen molar-refractivity contribution in [1.29, 1.82) is 0 Å². The van der Waals surface area contributed by atoms with Crippen molar-refractivity contribution in [2.75, 3.05) is 39.4 Å². The zero-order valence-electron chi connectivity index (χ0n) is 14.9. The van der Waals surface area contributed by atoms with E-state index < -0.39 is 18.1 Å². The van der Waals surface area contributed by atoms with E-state index in [1.165, 1.54) is 0 Å². The van der Waals surface area contributed by atoms with Crippen LogP contribution in [-0.4, -0.2) is 85.4 Å². The Bertz CT molecular complexity index is 431. The highest BCUT2D eigenvalue weighted by atomic mass is 19.3. The summed E-state index contributed by atoms with van der Waals surface area (Å²) in [5.74, 6) is 0. The number of amides is 1. The Morgan fingerprint density at radius 3 is 2.75 bits per heavy atom. The van der Waals surface area contributed by atoms with Crippen molar-refractivity contribution in [1.82, 2.24) is 15.1 Å². The van der Waals surface area contributed by atoms with Gasteiger partial charge in [0.1, 0.15) is 5.60 Å². The lowest BCUT2D eigenvalue weighted by molar-refractivity contribution is -0.0761. The van der Waals surface area contributed by atoms with E-state index in [1.807, 2.05) is 27.7 Å². The van der Waals surface area contributed by atoms with E-state index in [9.17, 15) is 13.6 Å². The first kappa shape index (κ1) is 19.3. The molecule has 3 atom stereocenters. The zero-order valence-corrected chi connectivity index (χ0v) is 14.9. The predicted molar refractivity (Wildman–Crippen MR) is 86.4 cm³/mol. The summed E-state index contributed by atoms with van der Waals surface area (Å²) in [4.78, 5) is 15.8. The number of hydrogen-bond donors (Lipinski definition) is 1. The molecule has 0 aromatic heterocycles. The van der Waals surface area contributed by atoms with Crippen molar-refractivity contribution in [2.45, 2.75) is 57.8 Å². The van der Waals surface area contributed by atoms with Crippen LogP contribution >= 0.6 is 0 Å². The molecule has 140 valence electrons. The molecule has 0 aromatic carbocycles. The maximum absolute atomic E-state index is 13.2. The van der Waals surface area contributed by atoms with Gasteiger partial charge in [-0.05, 0) is 27.7 Å². The highest BCUT2D eigenvalue weighted by molar-refractivity contribution is 5.68. The Balaban J connectivity index is 1.95. The monoisotopic (exact) mass is 349 g/mol. The topological polar surface area (TPSA) is 54.0 Å². The number of carbonyl (C=O) groups is 1. The number of hydrogen-bond acceptors (Lipinski definition) is 5. The number of carbonyl (C=O) groups excluding carboxylic acids is 1. The first-order valence-electron chi connectivity index (χ1n) is 8.50. The summed E-state index contributed by atoms with van der Waals surface area (Å²) in [6.07, 6.45) is -2.79. The van der Waals surface area contributed by atoms with Gasteiger partial charge in [-0.3, -0.25) is 4.90 Å². The lowest BCUT2D eigenvalue weighted by Gasteiger charge is -2.43. The molecule has 0 bridgehead atoms. The zero-order chi connectivity index (χ0) is 17.9. The van der Waals surface area contributed by atoms with Gasteiger partial charge in [0.05, 0.1) is 19.3 Å². The van der Waals surface area contributed by atoms with Crippen LogP contribution in [0.25, 0.3) is 0 Å². The number of piperazine rings is 1. The third kappa shape index (κ3) is 5.26. The molecule has 0 saturated carbocycles. The van der Waals surface area contributed by atoms with Crippen molar-refractivity contribution in [3.63, 3.8) is 0 Å². The number of alkyl halides is 2. The fourth-order valence-corrected chi connectivity index (χ4v) is 3.03. The summed E-state index contributed by atoms with van der Waals surface area (Å²) < 4.78 is 36.9. The number of morpholine rings is 1. The Morgan fingerprint density at radius 1 is 1.42 bits per heavy atom. The predicted octanol–water partition coefficient (Wildman–Crippen LogP) is 1.55. The molecule has 0 aliphatic carbocycles. The molecule has 2 aliphatic heterocycles. The van der Waals surface area contributed by atoms with Crippen LogP contribution in [0.1, 0.15) is 27.7 Å². The standard InChI is InChI=1S/C16H29F2N3O3/c1-11-7-19-12(9-21(11)15(22)24-16(2,3)4)8-20-5-6-23-10-13(20)14(17)18/h11-14,19H,5-10H2,1-4H3/t11-,12+,13+/m1/s1. The average Bonchev–Trinajstić information content (AvgIpc) is 2.47. The van der Waals surface area contributed by atoms with E-state index >= 15 is 0 Å². The minimum Gasteiger partial charge on any atom is -0.444 e. The summed E-state index contributed by atoms with van der Waals surface area (Å²) in [6, 6.07) is -0.936. The van der Waals surface area contributed by atoms with E-state index in [0.717, 1.165) is 0 Å². The summed E-state index contributed by atoms with van der Waals surface area (Å²) in [6.45, 7) is 9.96. The van der Waals surface area contributed by atoms with Crippen LogP contribution in [0, 0.1) is 0 Å². The number of nitrogens with one attached hydrogen (secondary N) is 1. The molecular weight excluding hydrogens is 320 g/mol. The number of halogens is 2. The normalized spacial score (nSPS) is 29.8. The van der Waals surface area contributed by atoms with Crippen LogP contribution in [0.4, 0.5) is 13.6 Å². The molecule has 0 unspecified atom stereocenters. The molecule has 1 N–H and O–H groups in total. The minimum atomic E-state index is -2.44. The Labute approximate surface area is 142 Å². The van der Waals surface area contributed by atoms with E-state index in [0.29, 0.717) is 32.8 Å². The van der Waals surface area contributed by atoms with Crippen LogP contribution in [0.2, 0.25) is 0 Å². The van der Waals surface area contributed by atoms with Gasteiger partial charge in [-0.1, -0.05) is 0 Å². The number of rotatable bonds is 3. The van der Waals surface area contributed by atoms with Gasteiger partial charge in [0.25, 0.3) is 6.43 Å². The molecule has 8 heteroatoms. The Hall–Kier alpha value is -0.990. The van der Waals surface area contributed by atoms with Crippen LogP contribution in [0.5, 0.6) is 0 Å². The molecule has 24 heavy (non-hydrogen) atoms. The Kier molecular flexibility index (Phi) is 6.39. The van der Waals surface area contributed by atoms with Crippen molar-refractivity contribution >= 4 is 6.09 Å². The molecule has 2 rings (SSSR count). The van der Waals surface area contributed by atoms with Gasteiger partial charge >= 0.3 is 6.09 Å². The lowest BCUT2D eigenvalue weighted by Crippen LogP contribution is -2.62. The van der Waals surface area contributed by atoms with Gasteiger partial charge < -0.3 is 19.7 Å². The molecular formula is C16H29F2N3O3. The smallest absolute Gasteiger partial charge is 0.410 e. The third-order valence-corrected chi connectivity index (χ3v) is 4.31. The van der Waals surface area contributed by atoms with Gasteiger partial charge in [-0.25, -0.2) is 13.6 Å². The van der Waals surface area contributed by atoms with E-state index in [2.05, 4.69) is 5.32 Å². The first-order chi connectivity index (χ1) is 11.2. The SMILES string of the molecule is C[C@@H]1CN[C@@H](CN2CCOC[C@H]2C(F)F)CN1C(=O)OC(C)(C)C. The largest absolute Gasteiger partial charge is 0.444 e. The average molecular weight is 349 g/mol. The van der Waals surface area contributed by atoms with E-state index in [4.69, 9.17) is 9.47 Å². The van der Waals surface area contributed by atoms with Crippen molar-refractivity contribution in [3.8, 4) is 0 Å². The maximum atomic E-state index is 13.2. The van der Waals surface area contributed by atoms with Gasteiger partial charge in [-0.15, -0.1) is 0 Å². The van der Waals surface area contributed by atoms with Crippen LogP contribution in [-0.2, 0) is 9.47 Å². The van der Waals surface area contributed by atoms with Crippen LogP contribution < -0.4 is 5.32 Å². The van der Waals surface area contributed by atoms with Crippen molar-refractivity contribution in [2.24, 2.45) is 0 Å². The Morgan fingerprint density at radius 2 is 2.12 bits per heavy atom. The van der Waals surface area contributed by atoms with Crippen molar-refractivity contribution < 1.29 is 23.0 Å². The van der Waals surface area contributed by atoms with Crippen molar-refractivity contribution in [3.05, 3.63) is 0 Å². The lowest BCUT2D eigenvalue weighted by atomic mass is 10.1. The van der Waals surface area contributed by atoms with Crippen LogP contribution in [0.15, 0.2) is 0 Å². The van der Waals surface area contributed by atoms with Gasteiger partial charge in [0, 0.05) is 38.3 Å². The number of ether oxygens (including phenoxy) is 2. The molecule has 0 aromatic rings. The molecule has 1 amide bonds. The molecule has 0 radical (unpaired) electrons. The second-order valence-electron chi connectivity index (χ2n) is 7.56. The fraction of sp³-hybridized carbons (Fsp3) is 0.938. The van der Waals surface area contributed by atoms with Crippen LogP contribution in [0.3, 0.4) is 0 Å². The highest BCUT2D eigenvalue weighted by Crippen LogP contribution is 2.18. The molecule has 2 saturated heterocycles. The molecule has 2 aliphatic rings. The summed E-state index contributed by atoms with van der Waals surface area (Å²) >= 11 is 0. The highest BCUT2D eigenvalue weighted by Gasteiger charge is 2.36. The van der Waals surface area contributed by atoms with Gasteiger partial charge in [-0.2, -0.15) is 0 Å². The summed E-state index contributed by atoms with van der Waals surface area (Å²) in [5, 5.41) is 3.35. The molecule has 2 heterocycles. The molecule has 2 fully saturated rings. The van der Waals surface area contributed by atoms with Gasteiger partial charge in [0.2, 0.25) is 0 Å². The molecule has 0 spiro atoms. The third-order valence-electron chi connectivity index (χ3n) is 4.31. The minimum absolute atomic E-state index is 0.00619. The maximum Gasteiger partial charge on any atom is 0.410 e. The summed E-state index contributed by atoms with van der Waals surface area (Å²) in [5.41, 5.74) is -0.553. The van der Waals surface area contributed by atoms with E-state index in [-0.39, 0.29) is 24.8 Å².